The number of halogens is 1. The van der Waals surface area contributed by atoms with E-state index in [-0.39, 0.29) is 15.7 Å². The summed E-state index contributed by atoms with van der Waals surface area (Å²) in [6.45, 7) is 0. The third kappa shape index (κ3) is 3.43. The van der Waals surface area contributed by atoms with E-state index in [2.05, 4.69) is 5.32 Å². The van der Waals surface area contributed by atoms with Crippen LogP contribution in [0.2, 0.25) is 5.02 Å². The van der Waals surface area contributed by atoms with Gasteiger partial charge in [0.25, 0.3) is 11.8 Å². The number of nitro groups is 1. The molecular weight excluding hydrogens is 386 g/mol. The third-order valence-corrected chi connectivity index (χ3v) is 4.75. The van der Waals surface area contributed by atoms with Gasteiger partial charge in [0.2, 0.25) is 0 Å². The van der Waals surface area contributed by atoms with E-state index in [4.69, 9.17) is 23.8 Å². The summed E-state index contributed by atoms with van der Waals surface area (Å²) in [4.78, 5) is 36.6. The highest BCUT2D eigenvalue weighted by Crippen LogP contribution is 2.28. The molecule has 25 heavy (non-hydrogen) atoms. The Hall–Kier alpha value is -2.62. The molecule has 10 heteroatoms. The van der Waals surface area contributed by atoms with Crippen molar-refractivity contribution in [1.82, 2.24) is 5.32 Å². The normalized spacial score (nSPS) is 16.3. The van der Waals surface area contributed by atoms with E-state index in [1.54, 1.807) is 18.2 Å². The van der Waals surface area contributed by atoms with Crippen LogP contribution in [0.3, 0.4) is 0 Å². The van der Waals surface area contributed by atoms with Crippen LogP contribution in [-0.2, 0) is 9.59 Å². The minimum atomic E-state index is -0.663. The highest BCUT2D eigenvalue weighted by molar-refractivity contribution is 7.80. The summed E-state index contributed by atoms with van der Waals surface area (Å²) in [7, 11) is 0. The second-order valence-electron chi connectivity index (χ2n) is 4.87. The molecular formula is C15H8ClN3O4S2. The zero-order valence-electron chi connectivity index (χ0n) is 12.3. The predicted molar refractivity (Wildman–Crippen MR) is 98.6 cm³/mol. The van der Waals surface area contributed by atoms with E-state index >= 15 is 0 Å². The zero-order valence-corrected chi connectivity index (χ0v) is 14.7. The molecule has 1 aromatic heterocycles. The molecule has 2 amide bonds. The molecule has 0 atom stereocenters. The number of thiophene rings is 1. The van der Waals surface area contributed by atoms with E-state index in [0.717, 1.165) is 16.2 Å². The molecule has 0 bridgehead atoms. The number of amides is 2. The number of nitrogens with zero attached hydrogens (tertiary/aromatic N) is 2. The Morgan fingerprint density at radius 3 is 2.68 bits per heavy atom. The molecule has 1 aliphatic heterocycles. The maximum absolute atomic E-state index is 12.7. The van der Waals surface area contributed by atoms with Crippen molar-refractivity contribution in [1.29, 1.82) is 0 Å². The van der Waals surface area contributed by atoms with Gasteiger partial charge in [0.15, 0.2) is 5.11 Å². The van der Waals surface area contributed by atoms with Gasteiger partial charge in [-0.3, -0.25) is 29.9 Å². The minimum Gasteiger partial charge on any atom is -0.298 e. The Labute approximate surface area is 155 Å². The molecule has 2 heterocycles. The first-order valence-corrected chi connectivity index (χ1v) is 8.38. The lowest BCUT2D eigenvalue weighted by molar-refractivity contribution is -0.380. The second kappa shape index (κ2) is 6.71. The molecule has 7 nitrogen and oxygen atoms in total. The first-order chi connectivity index (χ1) is 11.9. The van der Waals surface area contributed by atoms with Crippen molar-refractivity contribution in [3.8, 4) is 0 Å². The fourth-order valence-electron chi connectivity index (χ4n) is 2.17. The first-order valence-electron chi connectivity index (χ1n) is 6.78. The van der Waals surface area contributed by atoms with Crippen molar-refractivity contribution in [2.45, 2.75) is 0 Å². The van der Waals surface area contributed by atoms with E-state index in [9.17, 15) is 19.7 Å². The van der Waals surface area contributed by atoms with Crippen molar-refractivity contribution in [3.63, 3.8) is 0 Å². The quantitative estimate of drug-likeness (QED) is 0.284. The number of carbonyl (C=O) groups excluding carboxylic acids is 2. The highest BCUT2D eigenvalue weighted by atomic mass is 35.5. The van der Waals surface area contributed by atoms with Crippen molar-refractivity contribution in [3.05, 3.63) is 62.0 Å². The fraction of sp³-hybridized carbons (Fsp3) is 0. The molecule has 3 rings (SSSR count). The van der Waals surface area contributed by atoms with Crippen LogP contribution in [-0.4, -0.2) is 21.9 Å². The van der Waals surface area contributed by atoms with Gasteiger partial charge in [-0.25, -0.2) is 0 Å². The predicted octanol–water partition coefficient (Wildman–Crippen LogP) is 3.14. The molecule has 0 unspecified atom stereocenters. The maximum atomic E-state index is 12.7. The number of benzene rings is 1. The van der Waals surface area contributed by atoms with Crippen molar-refractivity contribution in [2.24, 2.45) is 0 Å². The van der Waals surface area contributed by atoms with Gasteiger partial charge in [-0.15, -0.1) is 0 Å². The topological polar surface area (TPSA) is 92.6 Å². The van der Waals surface area contributed by atoms with Gasteiger partial charge in [-0.05, 0) is 42.6 Å². The summed E-state index contributed by atoms with van der Waals surface area (Å²) < 4.78 is 0. The minimum absolute atomic E-state index is 0.0634. The Morgan fingerprint density at radius 1 is 1.28 bits per heavy atom. The SMILES string of the molecule is O=C1NC(=S)N(c2cccc(Cl)c2)C(=O)/C1=C/c1ccc([N+](=O)[O-])s1. The lowest BCUT2D eigenvalue weighted by atomic mass is 10.1. The largest absolute Gasteiger partial charge is 0.324 e. The molecule has 1 saturated heterocycles. The number of hydrogen-bond acceptors (Lipinski definition) is 6. The molecule has 126 valence electrons. The molecule has 1 aliphatic rings. The van der Waals surface area contributed by atoms with Gasteiger partial charge < -0.3 is 0 Å². The van der Waals surface area contributed by atoms with Crippen LogP contribution in [0.1, 0.15) is 4.88 Å². The van der Waals surface area contributed by atoms with E-state index in [1.165, 1.54) is 24.3 Å². The monoisotopic (exact) mass is 393 g/mol. The average Bonchev–Trinajstić information content (AvgIpc) is 3.00. The van der Waals surface area contributed by atoms with Crippen LogP contribution in [0.25, 0.3) is 6.08 Å². The van der Waals surface area contributed by atoms with Gasteiger partial charge in [-0.1, -0.05) is 29.0 Å². The fourth-order valence-corrected chi connectivity index (χ4v) is 3.40. The van der Waals surface area contributed by atoms with Gasteiger partial charge >= 0.3 is 5.00 Å². The zero-order chi connectivity index (χ0) is 18.1. The Morgan fingerprint density at radius 2 is 2.04 bits per heavy atom. The van der Waals surface area contributed by atoms with Crippen LogP contribution < -0.4 is 10.2 Å². The lowest BCUT2D eigenvalue weighted by Crippen LogP contribution is -2.54. The van der Waals surface area contributed by atoms with Gasteiger partial charge in [0, 0.05) is 16.0 Å². The standard InChI is InChI=1S/C15H8ClN3O4S2/c16-8-2-1-3-9(6-8)18-14(21)11(13(20)17-15(18)24)7-10-4-5-12(25-10)19(22)23/h1-7H,(H,17,20,24)/b11-7+. The van der Waals surface area contributed by atoms with Gasteiger partial charge in [-0.2, -0.15) is 0 Å². The molecule has 0 spiro atoms. The number of anilines is 1. The van der Waals surface area contributed by atoms with E-state index in [1.807, 2.05) is 0 Å². The molecule has 0 saturated carbocycles. The summed E-state index contributed by atoms with van der Waals surface area (Å²) in [5.41, 5.74) is 0.232. The average molecular weight is 394 g/mol. The molecule has 1 N–H and O–H groups in total. The van der Waals surface area contributed by atoms with Crippen LogP contribution in [0.15, 0.2) is 42.0 Å². The van der Waals surface area contributed by atoms with Crippen molar-refractivity contribution < 1.29 is 14.5 Å². The van der Waals surface area contributed by atoms with Crippen LogP contribution in [0.5, 0.6) is 0 Å². The van der Waals surface area contributed by atoms with Crippen LogP contribution in [0, 0.1) is 10.1 Å². The summed E-state index contributed by atoms with van der Waals surface area (Å²) in [5, 5.41) is 13.5. The molecule has 1 fully saturated rings. The van der Waals surface area contributed by atoms with Crippen LogP contribution in [0.4, 0.5) is 10.7 Å². The molecule has 1 aromatic carbocycles. The molecule has 0 radical (unpaired) electrons. The summed E-state index contributed by atoms with van der Waals surface area (Å²) in [6, 6.07) is 9.23. The second-order valence-corrected chi connectivity index (χ2v) is 6.79. The number of thiocarbonyl (C=S) groups is 1. The summed E-state index contributed by atoms with van der Waals surface area (Å²) >= 11 is 11.9. The number of nitrogens with one attached hydrogen (secondary N) is 1. The maximum Gasteiger partial charge on any atom is 0.324 e. The Bertz CT molecular complexity index is 954. The summed E-state index contributed by atoms with van der Waals surface area (Å²) in [5.74, 6) is -1.29. The Kier molecular flexibility index (Phi) is 4.62. The number of carbonyl (C=O) groups is 2. The van der Waals surface area contributed by atoms with E-state index < -0.39 is 16.7 Å². The van der Waals surface area contributed by atoms with E-state index in [0.29, 0.717) is 15.6 Å². The van der Waals surface area contributed by atoms with Crippen LogP contribution >= 0.6 is 35.2 Å². The highest BCUT2D eigenvalue weighted by Gasteiger charge is 2.34. The third-order valence-electron chi connectivity index (χ3n) is 3.25. The van der Waals surface area contributed by atoms with Gasteiger partial charge in [0.05, 0.1) is 10.6 Å². The molecule has 2 aromatic rings. The lowest BCUT2D eigenvalue weighted by Gasteiger charge is -2.28. The molecule has 0 aliphatic carbocycles. The smallest absolute Gasteiger partial charge is 0.298 e. The Balaban J connectivity index is 2.00. The van der Waals surface area contributed by atoms with Gasteiger partial charge in [0.1, 0.15) is 5.57 Å². The van der Waals surface area contributed by atoms with Crippen molar-refractivity contribution >= 4 is 68.8 Å². The van der Waals surface area contributed by atoms with Crippen molar-refractivity contribution in [2.75, 3.05) is 4.90 Å². The number of hydrogen-bond donors (Lipinski definition) is 1. The summed E-state index contributed by atoms with van der Waals surface area (Å²) in [6.07, 6.45) is 1.30. The first kappa shape index (κ1) is 17.2. The number of rotatable bonds is 3.